The summed E-state index contributed by atoms with van der Waals surface area (Å²) in [4.78, 5) is 27.0. The molecule has 0 radical (unpaired) electrons. The number of thioether (sulfide) groups is 1. The molecule has 208 valence electrons. The van der Waals surface area contributed by atoms with Gasteiger partial charge in [-0.15, -0.1) is 28.1 Å². The fraction of sp³-hybridized carbons (Fsp3) is 0.407. The normalized spacial score (nSPS) is 13.7. The zero-order valence-corrected chi connectivity index (χ0v) is 24.9. The van der Waals surface area contributed by atoms with E-state index in [9.17, 15) is 9.59 Å². The summed E-state index contributed by atoms with van der Waals surface area (Å²) >= 11 is 15.1. The van der Waals surface area contributed by atoms with Gasteiger partial charge in [-0.3, -0.25) is 9.36 Å². The average molecular weight is 610 g/mol. The van der Waals surface area contributed by atoms with Gasteiger partial charge in [0.2, 0.25) is 5.91 Å². The van der Waals surface area contributed by atoms with Gasteiger partial charge in [-0.1, -0.05) is 47.5 Å². The highest BCUT2D eigenvalue weighted by Gasteiger charge is 2.27. The molecular weight excluding hydrogens is 579 g/mol. The van der Waals surface area contributed by atoms with Gasteiger partial charge in [0.05, 0.1) is 22.9 Å². The molecule has 2 heterocycles. The van der Waals surface area contributed by atoms with Crippen molar-refractivity contribution in [1.29, 1.82) is 0 Å². The van der Waals surface area contributed by atoms with Crippen LogP contribution in [0.3, 0.4) is 0 Å². The van der Waals surface area contributed by atoms with Crippen LogP contribution in [0.4, 0.5) is 5.00 Å². The third kappa shape index (κ3) is 7.16. The predicted molar refractivity (Wildman–Crippen MR) is 157 cm³/mol. The number of ether oxygens (including phenoxy) is 2. The number of hydrogen-bond donors (Lipinski definition) is 1. The van der Waals surface area contributed by atoms with E-state index in [0.717, 1.165) is 42.5 Å². The monoisotopic (exact) mass is 608 g/mol. The molecule has 0 fully saturated rings. The number of benzene rings is 1. The van der Waals surface area contributed by atoms with E-state index in [0.29, 0.717) is 43.9 Å². The van der Waals surface area contributed by atoms with Crippen molar-refractivity contribution in [2.24, 2.45) is 0 Å². The van der Waals surface area contributed by atoms with E-state index in [2.05, 4.69) is 22.1 Å². The summed E-state index contributed by atoms with van der Waals surface area (Å²) in [6.45, 7) is 8.14. The maximum Gasteiger partial charge on any atom is 0.341 e. The van der Waals surface area contributed by atoms with E-state index in [4.69, 9.17) is 32.7 Å². The van der Waals surface area contributed by atoms with Crippen LogP contribution in [-0.4, -0.2) is 39.0 Å². The van der Waals surface area contributed by atoms with Crippen LogP contribution in [0.25, 0.3) is 0 Å². The number of carbonyl (C=O) groups excluding carboxylic acids is 2. The van der Waals surface area contributed by atoms with Crippen LogP contribution in [0.15, 0.2) is 36.0 Å². The van der Waals surface area contributed by atoms with Crippen molar-refractivity contribution in [3.63, 3.8) is 0 Å². The molecule has 1 atom stereocenters. The molecule has 0 spiro atoms. The number of thiophene rings is 1. The Morgan fingerprint density at radius 3 is 2.82 bits per heavy atom. The fourth-order valence-electron chi connectivity index (χ4n) is 4.36. The third-order valence-electron chi connectivity index (χ3n) is 6.10. The number of allylic oxidation sites excluding steroid dienone is 1. The minimum absolute atomic E-state index is 0.0788. The minimum Gasteiger partial charge on any atom is -0.481 e. The van der Waals surface area contributed by atoms with E-state index in [-0.39, 0.29) is 24.2 Å². The van der Waals surface area contributed by atoms with Gasteiger partial charge in [-0.25, -0.2) is 4.79 Å². The number of esters is 1. The quantitative estimate of drug-likeness (QED) is 0.107. The van der Waals surface area contributed by atoms with E-state index < -0.39 is 6.10 Å². The number of hydrogen-bond acceptors (Lipinski definition) is 8. The standard InChI is InChI=1S/C27H30Cl2N4O4S2/c1-4-13-33-24(16(3)37-20-14-17(28)11-12-19(20)29)31-32-27(33)38-15-22(34)30-25-23(26(35)36-5-2)18-9-7-6-8-10-21(18)39-25/h4,11-12,14,16H,1,5-10,13,15H2,2-3H3,(H,30,34). The lowest BCUT2D eigenvalue weighted by molar-refractivity contribution is -0.113. The number of nitrogens with zero attached hydrogens (tertiary/aromatic N) is 3. The Kier molecular flexibility index (Phi) is 10.3. The summed E-state index contributed by atoms with van der Waals surface area (Å²) < 4.78 is 13.2. The number of halogens is 2. The summed E-state index contributed by atoms with van der Waals surface area (Å²) in [5.41, 5.74) is 1.52. The number of carbonyl (C=O) groups is 2. The van der Waals surface area contributed by atoms with Crippen LogP contribution in [-0.2, 0) is 28.9 Å². The minimum atomic E-state index is -0.495. The van der Waals surface area contributed by atoms with Gasteiger partial charge in [0.25, 0.3) is 0 Å². The second-order valence-electron chi connectivity index (χ2n) is 8.90. The molecule has 8 nitrogen and oxygen atoms in total. The maximum absolute atomic E-state index is 13.0. The molecule has 3 aromatic rings. The first kappa shape index (κ1) is 29.5. The van der Waals surface area contributed by atoms with Crippen LogP contribution in [0.2, 0.25) is 10.0 Å². The highest BCUT2D eigenvalue weighted by Crippen LogP contribution is 2.38. The highest BCUT2D eigenvalue weighted by molar-refractivity contribution is 7.99. The summed E-state index contributed by atoms with van der Waals surface area (Å²) in [7, 11) is 0. The lowest BCUT2D eigenvalue weighted by Crippen LogP contribution is -2.17. The van der Waals surface area contributed by atoms with Crippen molar-refractivity contribution in [2.75, 3.05) is 17.7 Å². The SMILES string of the molecule is C=CCn1c(SCC(=O)Nc2sc3c(c2C(=O)OCC)CCCCC3)nnc1C(C)Oc1cc(Cl)ccc1Cl. The number of fused-ring (bicyclic) bond motifs is 1. The smallest absolute Gasteiger partial charge is 0.341 e. The van der Waals surface area contributed by atoms with E-state index in [1.165, 1.54) is 23.1 Å². The number of nitrogens with one attached hydrogen (secondary N) is 1. The molecule has 1 N–H and O–H groups in total. The van der Waals surface area contributed by atoms with E-state index in [1.807, 2.05) is 11.5 Å². The predicted octanol–water partition coefficient (Wildman–Crippen LogP) is 7.15. The van der Waals surface area contributed by atoms with Crippen molar-refractivity contribution in [3.8, 4) is 5.75 Å². The highest BCUT2D eigenvalue weighted by atomic mass is 35.5. The Balaban J connectivity index is 1.47. The number of aromatic nitrogens is 3. The van der Waals surface area contributed by atoms with Crippen molar-refractivity contribution in [1.82, 2.24) is 14.8 Å². The Labute approximate surface area is 246 Å². The first-order chi connectivity index (χ1) is 18.8. The number of aryl methyl sites for hydroxylation is 1. The molecule has 1 unspecified atom stereocenters. The summed E-state index contributed by atoms with van der Waals surface area (Å²) in [5, 5.41) is 13.6. The zero-order valence-electron chi connectivity index (χ0n) is 21.8. The lowest BCUT2D eigenvalue weighted by Gasteiger charge is -2.16. The topological polar surface area (TPSA) is 95.3 Å². The summed E-state index contributed by atoms with van der Waals surface area (Å²) in [5.74, 6) is 0.441. The molecule has 4 rings (SSSR count). The second kappa shape index (κ2) is 13.7. The van der Waals surface area contributed by atoms with Gasteiger partial charge in [0.15, 0.2) is 17.1 Å². The molecule has 1 amide bonds. The second-order valence-corrected chi connectivity index (χ2v) is 11.8. The average Bonchev–Trinajstić information content (AvgIpc) is 3.37. The van der Waals surface area contributed by atoms with Crippen LogP contribution in [0.1, 0.15) is 65.8 Å². The number of rotatable bonds is 11. The first-order valence-electron chi connectivity index (χ1n) is 12.7. The van der Waals surface area contributed by atoms with Crippen molar-refractivity contribution in [3.05, 3.63) is 62.7 Å². The molecule has 1 aromatic carbocycles. The number of anilines is 1. The first-order valence-corrected chi connectivity index (χ1v) is 15.3. The van der Waals surface area contributed by atoms with E-state index >= 15 is 0 Å². The largest absolute Gasteiger partial charge is 0.481 e. The molecule has 12 heteroatoms. The van der Waals surface area contributed by atoms with Gasteiger partial charge in [0, 0.05) is 22.5 Å². The molecule has 0 saturated heterocycles. The van der Waals surface area contributed by atoms with Crippen LogP contribution in [0.5, 0.6) is 5.75 Å². The molecule has 0 bridgehead atoms. The zero-order chi connectivity index (χ0) is 27.9. The van der Waals surface area contributed by atoms with Gasteiger partial charge < -0.3 is 14.8 Å². The Morgan fingerprint density at radius 1 is 1.26 bits per heavy atom. The third-order valence-corrected chi connectivity index (χ3v) is 8.83. The lowest BCUT2D eigenvalue weighted by atomic mass is 10.1. The van der Waals surface area contributed by atoms with Crippen LogP contribution < -0.4 is 10.1 Å². The van der Waals surface area contributed by atoms with Gasteiger partial charge in [-0.2, -0.15) is 0 Å². The van der Waals surface area contributed by atoms with Gasteiger partial charge in [-0.05, 0) is 57.2 Å². The van der Waals surface area contributed by atoms with Crippen molar-refractivity contribution in [2.45, 2.75) is 63.8 Å². The summed E-state index contributed by atoms with van der Waals surface area (Å²) in [6.07, 6.45) is 6.18. The van der Waals surface area contributed by atoms with E-state index in [1.54, 1.807) is 31.2 Å². The van der Waals surface area contributed by atoms with Crippen molar-refractivity contribution >= 4 is 63.2 Å². The molecule has 1 aliphatic rings. The number of amides is 1. The van der Waals surface area contributed by atoms with Crippen molar-refractivity contribution < 1.29 is 19.1 Å². The Morgan fingerprint density at radius 2 is 2.05 bits per heavy atom. The van der Waals surface area contributed by atoms with Crippen LogP contribution >= 0.6 is 46.3 Å². The fourth-order valence-corrected chi connectivity index (χ4v) is 6.73. The Bertz CT molecular complexity index is 1360. The molecular formula is C27H30Cl2N4O4S2. The molecule has 39 heavy (non-hydrogen) atoms. The molecule has 0 saturated carbocycles. The molecule has 1 aliphatic carbocycles. The Hall–Kier alpha value is -2.53. The van der Waals surface area contributed by atoms with Gasteiger partial charge in [0.1, 0.15) is 10.8 Å². The molecule has 2 aromatic heterocycles. The molecule has 0 aliphatic heterocycles. The van der Waals surface area contributed by atoms with Crippen LogP contribution in [0, 0.1) is 0 Å². The summed E-state index contributed by atoms with van der Waals surface area (Å²) in [6, 6.07) is 4.99. The maximum atomic E-state index is 13.0. The van der Waals surface area contributed by atoms with Gasteiger partial charge >= 0.3 is 5.97 Å².